The third-order valence-electron chi connectivity index (χ3n) is 5.49. The summed E-state index contributed by atoms with van der Waals surface area (Å²) in [7, 11) is 1.96. The Kier molecular flexibility index (Phi) is 5.57. The van der Waals surface area contributed by atoms with Crippen molar-refractivity contribution in [3.05, 3.63) is 53.6 Å². The predicted octanol–water partition coefficient (Wildman–Crippen LogP) is 2.95. The fraction of sp³-hybridized carbons (Fsp3) is 0.318. The van der Waals surface area contributed by atoms with E-state index in [0.29, 0.717) is 35.7 Å². The van der Waals surface area contributed by atoms with Crippen molar-refractivity contribution in [2.75, 3.05) is 38.2 Å². The van der Waals surface area contributed by atoms with Gasteiger partial charge in [0.25, 0.3) is 0 Å². The Hall–Kier alpha value is -3.15. The van der Waals surface area contributed by atoms with E-state index in [1.165, 1.54) is 0 Å². The monoisotopic (exact) mass is 409 g/mol. The molecule has 4 rings (SSSR count). The highest BCUT2D eigenvalue weighted by Crippen LogP contribution is 2.33. The minimum Gasteiger partial charge on any atom is -0.395 e. The topological polar surface area (TPSA) is 76.3 Å². The van der Waals surface area contributed by atoms with Crippen LogP contribution in [-0.2, 0) is 0 Å². The zero-order chi connectivity index (χ0) is 21.3. The minimum absolute atomic E-state index is 0.0832. The maximum atomic E-state index is 13.8. The fourth-order valence-corrected chi connectivity index (χ4v) is 3.83. The summed E-state index contributed by atoms with van der Waals surface area (Å²) in [6.45, 7) is 2.05. The normalized spacial score (nSPS) is 16.4. The number of rotatable bonds is 5. The van der Waals surface area contributed by atoms with Gasteiger partial charge in [0.2, 0.25) is 0 Å². The molecular weight excluding hydrogens is 388 g/mol. The molecule has 0 saturated carbocycles. The lowest BCUT2D eigenvalue weighted by molar-refractivity contribution is 0.188. The van der Waals surface area contributed by atoms with Crippen LogP contribution in [-0.4, -0.2) is 59.3 Å². The van der Waals surface area contributed by atoms with Gasteiger partial charge in [0.1, 0.15) is 5.69 Å². The molecule has 0 bridgehead atoms. The number of aromatic nitrogens is 2. The fourth-order valence-electron chi connectivity index (χ4n) is 3.83. The SMILES string of the molecule is CN(CCO)C1CCN(c2nc3cc(F)c(F)cc3nc2-c2cccc(C#N)c2)C1. The van der Waals surface area contributed by atoms with E-state index in [4.69, 9.17) is 0 Å². The number of halogens is 2. The van der Waals surface area contributed by atoms with Crippen LogP contribution >= 0.6 is 0 Å². The van der Waals surface area contributed by atoms with Gasteiger partial charge >= 0.3 is 0 Å². The van der Waals surface area contributed by atoms with Gasteiger partial charge in [-0.1, -0.05) is 12.1 Å². The number of fused-ring (bicyclic) bond motifs is 1. The summed E-state index contributed by atoms with van der Waals surface area (Å²) in [5, 5.41) is 18.5. The third kappa shape index (κ3) is 3.82. The number of benzene rings is 2. The Labute approximate surface area is 173 Å². The molecule has 1 atom stereocenters. The first-order valence-electron chi connectivity index (χ1n) is 9.73. The van der Waals surface area contributed by atoms with Crippen molar-refractivity contribution >= 4 is 16.9 Å². The van der Waals surface area contributed by atoms with Crippen LogP contribution in [0.4, 0.5) is 14.6 Å². The summed E-state index contributed by atoms with van der Waals surface area (Å²) in [5.74, 6) is -1.37. The molecule has 1 aliphatic heterocycles. The molecule has 6 nitrogen and oxygen atoms in total. The van der Waals surface area contributed by atoms with E-state index in [-0.39, 0.29) is 23.7 Å². The standard InChI is InChI=1S/C22H21F2N5O/c1-28(7-8-30)16-5-6-29(13-16)22-21(15-4-2-3-14(9-15)12-25)26-19-10-17(23)18(24)11-20(19)27-22/h2-4,9-11,16,30H,5-8,13H2,1H3. The zero-order valence-electron chi connectivity index (χ0n) is 16.5. The largest absolute Gasteiger partial charge is 0.395 e. The number of hydrogen-bond acceptors (Lipinski definition) is 6. The van der Waals surface area contributed by atoms with Gasteiger partial charge in [-0.2, -0.15) is 5.26 Å². The summed E-state index contributed by atoms with van der Waals surface area (Å²) in [6, 6.07) is 11.4. The molecule has 1 N–H and O–H groups in total. The molecule has 1 aromatic heterocycles. The summed E-state index contributed by atoms with van der Waals surface area (Å²) in [5.41, 5.74) is 2.22. The lowest BCUT2D eigenvalue weighted by Gasteiger charge is -2.25. The highest BCUT2D eigenvalue weighted by atomic mass is 19.2. The van der Waals surface area contributed by atoms with Crippen molar-refractivity contribution in [3.63, 3.8) is 0 Å². The van der Waals surface area contributed by atoms with Gasteiger partial charge in [0, 0.05) is 43.4 Å². The molecule has 1 unspecified atom stereocenters. The first-order chi connectivity index (χ1) is 14.5. The molecule has 0 amide bonds. The van der Waals surface area contributed by atoms with E-state index in [2.05, 4.69) is 25.8 Å². The van der Waals surface area contributed by atoms with Crippen molar-refractivity contribution in [1.82, 2.24) is 14.9 Å². The Bertz CT molecular complexity index is 1130. The van der Waals surface area contributed by atoms with Crippen LogP contribution in [0.1, 0.15) is 12.0 Å². The molecule has 1 saturated heterocycles. The number of nitriles is 1. The highest BCUT2D eigenvalue weighted by molar-refractivity contribution is 5.84. The molecule has 1 fully saturated rings. The van der Waals surface area contributed by atoms with Crippen LogP contribution in [0.5, 0.6) is 0 Å². The van der Waals surface area contributed by atoms with Gasteiger partial charge in [-0.25, -0.2) is 18.7 Å². The zero-order valence-corrected chi connectivity index (χ0v) is 16.5. The van der Waals surface area contributed by atoms with Crippen LogP contribution in [0, 0.1) is 23.0 Å². The van der Waals surface area contributed by atoms with Crippen LogP contribution < -0.4 is 4.90 Å². The highest BCUT2D eigenvalue weighted by Gasteiger charge is 2.29. The average Bonchev–Trinajstić information content (AvgIpc) is 3.24. The minimum atomic E-state index is -0.979. The first-order valence-corrected chi connectivity index (χ1v) is 9.73. The molecule has 3 aromatic rings. The lowest BCUT2D eigenvalue weighted by Crippen LogP contribution is -2.36. The average molecular weight is 409 g/mol. The summed E-state index contributed by atoms with van der Waals surface area (Å²) >= 11 is 0. The molecule has 0 radical (unpaired) electrons. The van der Waals surface area contributed by atoms with Crippen LogP contribution in [0.3, 0.4) is 0 Å². The second-order valence-electron chi connectivity index (χ2n) is 7.44. The number of hydrogen-bond donors (Lipinski definition) is 1. The molecule has 1 aliphatic rings. The van der Waals surface area contributed by atoms with E-state index in [0.717, 1.165) is 25.1 Å². The lowest BCUT2D eigenvalue weighted by atomic mass is 10.1. The Morgan fingerprint density at radius 3 is 2.63 bits per heavy atom. The number of anilines is 1. The van der Waals surface area contributed by atoms with Gasteiger partial charge in [-0.05, 0) is 25.6 Å². The first kappa shape index (κ1) is 20.1. The molecule has 2 aromatic carbocycles. The molecule has 0 spiro atoms. The van der Waals surface area contributed by atoms with Crippen LogP contribution in [0.25, 0.3) is 22.3 Å². The van der Waals surface area contributed by atoms with Crippen LogP contribution in [0.2, 0.25) is 0 Å². The van der Waals surface area contributed by atoms with Gasteiger partial charge < -0.3 is 10.0 Å². The molecule has 154 valence electrons. The van der Waals surface area contributed by atoms with Crippen LogP contribution in [0.15, 0.2) is 36.4 Å². The third-order valence-corrected chi connectivity index (χ3v) is 5.49. The van der Waals surface area contributed by atoms with E-state index in [1.807, 2.05) is 13.1 Å². The smallest absolute Gasteiger partial charge is 0.161 e. The van der Waals surface area contributed by atoms with Crippen molar-refractivity contribution in [3.8, 4) is 17.3 Å². The Morgan fingerprint density at radius 1 is 1.20 bits per heavy atom. The van der Waals surface area contributed by atoms with Crippen molar-refractivity contribution in [2.45, 2.75) is 12.5 Å². The van der Waals surface area contributed by atoms with Gasteiger partial charge in [0.15, 0.2) is 17.5 Å². The molecule has 0 aliphatic carbocycles. The Morgan fingerprint density at radius 2 is 1.93 bits per heavy atom. The van der Waals surface area contributed by atoms with Gasteiger partial charge in [-0.3, -0.25) is 4.90 Å². The van der Waals surface area contributed by atoms with Gasteiger partial charge in [-0.15, -0.1) is 0 Å². The van der Waals surface area contributed by atoms with Crippen molar-refractivity contribution < 1.29 is 13.9 Å². The summed E-state index contributed by atoms with van der Waals surface area (Å²) in [4.78, 5) is 13.4. The summed E-state index contributed by atoms with van der Waals surface area (Å²) < 4.78 is 27.6. The quantitative estimate of drug-likeness (QED) is 0.698. The van der Waals surface area contributed by atoms with Crippen molar-refractivity contribution in [2.24, 2.45) is 0 Å². The number of aliphatic hydroxyl groups excluding tert-OH is 1. The molecular formula is C22H21F2N5O. The van der Waals surface area contributed by atoms with E-state index < -0.39 is 11.6 Å². The molecule has 30 heavy (non-hydrogen) atoms. The maximum Gasteiger partial charge on any atom is 0.161 e. The van der Waals surface area contributed by atoms with Gasteiger partial charge in [0.05, 0.1) is 29.3 Å². The Balaban J connectivity index is 1.82. The molecule has 8 heteroatoms. The van der Waals surface area contributed by atoms with E-state index >= 15 is 0 Å². The number of likely N-dealkylation sites (N-methyl/N-ethyl adjacent to an activating group) is 1. The van der Waals surface area contributed by atoms with E-state index in [1.54, 1.807) is 18.2 Å². The van der Waals surface area contributed by atoms with E-state index in [9.17, 15) is 19.1 Å². The second-order valence-corrected chi connectivity index (χ2v) is 7.44. The number of nitrogens with zero attached hydrogens (tertiary/aromatic N) is 5. The maximum absolute atomic E-state index is 13.8. The number of aliphatic hydroxyl groups is 1. The molecule has 2 heterocycles. The predicted molar refractivity (Wildman–Crippen MR) is 110 cm³/mol. The van der Waals surface area contributed by atoms with Crippen molar-refractivity contribution in [1.29, 1.82) is 5.26 Å². The second kappa shape index (κ2) is 8.30. The summed E-state index contributed by atoms with van der Waals surface area (Å²) in [6.07, 6.45) is 0.881.